The first-order chi connectivity index (χ1) is 29.8. The Morgan fingerprint density at radius 3 is 2.32 bits per heavy atom. The van der Waals surface area contributed by atoms with Crippen molar-refractivity contribution in [3.05, 3.63) is 35.4 Å². The fraction of sp³-hybridized carbons (Fsp3) is 0.675. The third-order valence-corrected chi connectivity index (χ3v) is 13.2. The number of fused-ring (bicyclic) bond motifs is 5. The van der Waals surface area contributed by atoms with Crippen LogP contribution in [-0.4, -0.2) is 134 Å². The zero-order chi connectivity index (χ0) is 46.1. The average molecular weight is 900 g/mol. The molecular weight excluding hydrogens is 842 g/mol. The lowest BCUT2D eigenvalue weighted by molar-refractivity contribution is -0.527. The maximum atomic E-state index is 14.5. The van der Waals surface area contributed by atoms with Gasteiger partial charge in [0.15, 0.2) is 29.5 Å². The van der Waals surface area contributed by atoms with E-state index in [-0.39, 0.29) is 85.9 Å². The molecule has 1 aromatic carbocycles. The van der Waals surface area contributed by atoms with Crippen LogP contribution in [0.2, 0.25) is 0 Å². The number of aliphatic hydroxyl groups excluding tert-OH is 1. The zero-order valence-corrected chi connectivity index (χ0v) is 35.3. The number of allylic oxidation sites excluding steroid dienone is 1. The molecule has 0 aromatic heterocycles. The number of ketones is 2. The molecule has 0 aliphatic heterocycles. The highest BCUT2D eigenvalue weighted by atomic mass is 17.1. The normalized spacial score (nSPS) is 28.1. The van der Waals surface area contributed by atoms with Gasteiger partial charge in [-0.3, -0.25) is 50.5 Å². The first kappa shape index (κ1) is 49.8. The van der Waals surface area contributed by atoms with Gasteiger partial charge in [-0.25, -0.2) is 19.3 Å². The number of hydrogen-bond donors (Lipinski definition) is 7. The molecule has 1 aromatic rings. The molecule has 8 atom stereocenters. The van der Waals surface area contributed by atoms with Crippen molar-refractivity contribution >= 4 is 29.7 Å². The third-order valence-electron chi connectivity index (χ3n) is 13.2. The Morgan fingerprint density at radius 2 is 1.62 bits per heavy atom. The van der Waals surface area contributed by atoms with Gasteiger partial charge in [0.1, 0.15) is 12.7 Å². The summed E-state index contributed by atoms with van der Waals surface area (Å²) >= 11 is 0. The van der Waals surface area contributed by atoms with E-state index < -0.39 is 81.9 Å². The number of nitrogens with zero attached hydrogens (tertiary/aromatic N) is 3. The smallest absolute Gasteiger partial charge is 0.493 e. The molecule has 23 nitrogen and oxygen atoms in total. The van der Waals surface area contributed by atoms with Gasteiger partial charge in [0.2, 0.25) is 5.78 Å². The minimum Gasteiger partial charge on any atom is -0.493 e. The van der Waals surface area contributed by atoms with Crippen LogP contribution in [0.5, 0.6) is 11.5 Å². The summed E-state index contributed by atoms with van der Waals surface area (Å²) in [6.45, 7) is 2.26. The predicted molar refractivity (Wildman–Crippen MR) is 203 cm³/mol. The number of unbranched alkanes of at least 4 members (excludes halogenated alkanes) is 1. The van der Waals surface area contributed by atoms with E-state index in [4.69, 9.17) is 54.9 Å². The molecule has 63 heavy (non-hydrogen) atoms. The van der Waals surface area contributed by atoms with Gasteiger partial charge in [0, 0.05) is 18.3 Å². The molecule has 0 amide bonds. The fourth-order valence-electron chi connectivity index (χ4n) is 10.4. The predicted octanol–water partition coefficient (Wildman–Crippen LogP) is 4.08. The fourth-order valence-corrected chi connectivity index (χ4v) is 10.4. The van der Waals surface area contributed by atoms with E-state index in [1.807, 2.05) is 6.92 Å². The second-order valence-electron chi connectivity index (χ2n) is 16.7. The molecule has 0 saturated heterocycles. The van der Waals surface area contributed by atoms with E-state index in [0.717, 1.165) is 5.57 Å². The van der Waals surface area contributed by atoms with Gasteiger partial charge in [-0.05, 0) is 112 Å². The van der Waals surface area contributed by atoms with Gasteiger partial charge in [-0.1, -0.05) is 19.4 Å². The standard InChI is InChI=1S/C40H57N3O20/c1-38-15-13-26(44)20-25(38)10-11-28-29-14-16-40(39(29,2)21-30(45)35(28)38,62-34(47)8-6-18-59-41(50)51)33(46)23-58-37(49)61-31-12-9-24(19-32(31)56-3)36(48)57-17-5-4-7-27(63-43(54)55)22-60-42(52)53/h9,12,19-20,27-30,35,45,50-55H,4-8,10-11,13-18,21-23H2,1-3H3/t27?,28?,29?,30?,35-,38+,39+,40+/m1/s1. The van der Waals surface area contributed by atoms with Crippen molar-refractivity contribution < 1.29 is 98.5 Å². The number of rotatable bonds is 22. The topological polar surface area (TPSA) is 311 Å². The van der Waals surface area contributed by atoms with Gasteiger partial charge in [0.05, 0.1) is 48.2 Å². The van der Waals surface area contributed by atoms with Crippen molar-refractivity contribution in [2.24, 2.45) is 28.6 Å². The summed E-state index contributed by atoms with van der Waals surface area (Å²) in [6, 6.07) is 3.79. The zero-order valence-electron chi connectivity index (χ0n) is 35.3. The van der Waals surface area contributed by atoms with Crippen molar-refractivity contribution in [3.63, 3.8) is 0 Å². The Bertz CT molecular complexity index is 1830. The highest BCUT2D eigenvalue weighted by Crippen LogP contribution is 2.68. The van der Waals surface area contributed by atoms with Gasteiger partial charge in [0.25, 0.3) is 0 Å². The van der Waals surface area contributed by atoms with Crippen molar-refractivity contribution in [1.82, 2.24) is 16.2 Å². The number of hydrogen-bond acceptors (Lipinski definition) is 23. The molecule has 5 rings (SSSR count). The van der Waals surface area contributed by atoms with Gasteiger partial charge in [-0.2, -0.15) is 0 Å². The number of methoxy groups -OCH3 is 1. The molecular formula is C40H57N3O20. The van der Waals surface area contributed by atoms with Crippen LogP contribution in [0, 0.1) is 28.6 Å². The molecule has 0 spiro atoms. The van der Waals surface area contributed by atoms with E-state index in [0.29, 0.717) is 44.9 Å². The summed E-state index contributed by atoms with van der Waals surface area (Å²) in [5.74, 6) is -2.88. The van der Waals surface area contributed by atoms with E-state index >= 15 is 0 Å². The number of carbonyl (C=O) groups excluding carboxylic acids is 5. The van der Waals surface area contributed by atoms with Crippen LogP contribution in [0.3, 0.4) is 0 Å². The molecule has 4 aliphatic rings. The largest absolute Gasteiger partial charge is 0.514 e. The summed E-state index contributed by atoms with van der Waals surface area (Å²) in [7, 11) is 1.26. The van der Waals surface area contributed by atoms with Gasteiger partial charge >= 0.3 is 18.1 Å². The minimum atomic E-state index is -1.83. The van der Waals surface area contributed by atoms with Gasteiger partial charge in [-0.15, -0.1) is 0 Å². The van der Waals surface area contributed by atoms with E-state index in [1.165, 1.54) is 25.3 Å². The van der Waals surface area contributed by atoms with Crippen molar-refractivity contribution in [2.75, 3.05) is 33.5 Å². The van der Waals surface area contributed by atoms with Crippen molar-refractivity contribution in [3.8, 4) is 11.5 Å². The monoisotopic (exact) mass is 899 g/mol. The summed E-state index contributed by atoms with van der Waals surface area (Å²) in [5.41, 5.74) is -2.28. The third kappa shape index (κ3) is 11.7. The first-order valence-corrected chi connectivity index (χ1v) is 20.7. The highest BCUT2D eigenvalue weighted by Gasteiger charge is 2.70. The molecule has 4 aliphatic carbocycles. The highest BCUT2D eigenvalue weighted by molar-refractivity contribution is 5.94. The summed E-state index contributed by atoms with van der Waals surface area (Å²) in [5, 5.41) is 63.2. The van der Waals surface area contributed by atoms with Crippen LogP contribution in [0.1, 0.15) is 101 Å². The van der Waals surface area contributed by atoms with E-state index in [9.17, 15) is 29.1 Å². The molecule has 0 radical (unpaired) electrons. The Balaban J connectivity index is 1.23. The Hall–Kier alpha value is -4.21. The molecule has 0 bridgehead atoms. The lowest BCUT2D eigenvalue weighted by Gasteiger charge is -2.60. The molecule has 352 valence electrons. The summed E-state index contributed by atoms with van der Waals surface area (Å²) in [6.07, 6.45) is 1.91. The molecule has 3 saturated carbocycles. The Morgan fingerprint density at radius 1 is 0.873 bits per heavy atom. The lowest BCUT2D eigenvalue weighted by Crippen LogP contribution is -2.63. The lowest BCUT2D eigenvalue weighted by atomic mass is 9.45. The second-order valence-corrected chi connectivity index (χ2v) is 16.7. The molecule has 23 heteroatoms. The number of Topliss-reactive ketones (excluding diaryl/α,β-unsaturated/α-hetero) is 1. The average Bonchev–Trinajstić information content (AvgIpc) is 3.51. The maximum Gasteiger partial charge on any atom is 0.514 e. The van der Waals surface area contributed by atoms with Crippen LogP contribution in [-0.2, 0) is 43.1 Å². The Labute approximate surface area is 361 Å². The molecule has 3 fully saturated rings. The SMILES string of the molecule is COc1cc(C(=O)OCCCCC(CON(O)O)ON(O)O)ccc1OC(=O)OCC(=O)[C@@]1(OC(=O)CCCON(O)O)CCC2C3CCC4=CC(=O)CC[C@]4(C)[C@H]3C(O)C[C@@]21C. The quantitative estimate of drug-likeness (QED) is 0.0283. The summed E-state index contributed by atoms with van der Waals surface area (Å²) in [4.78, 5) is 79.7. The molecule has 4 unspecified atom stereocenters. The van der Waals surface area contributed by atoms with Crippen LogP contribution in [0.15, 0.2) is 29.8 Å². The molecule has 0 heterocycles. The summed E-state index contributed by atoms with van der Waals surface area (Å²) < 4.78 is 27.4. The number of benzene rings is 1. The van der Waals surface area contributed by atoms with Crippen LogP contribution in [0.4, 0.5) is 4.79 Å². The van der Waals surface area contributed by atoms with Crippen LogP contribution in [0.25, 0.3) is 0 Å². The number of esters is 2. The van der Waals surface area contributed by atoms with E-state index in [2.05, 4.69) is 21.4 Å². The number of carbonyl (C=O) groups is 5. The first-order valence-electron chi connectivity index (χ1n) is 20.7. The molecule has 7 N–H and O–H groups in total. The second kappa shape index (κ2) is 21.6. The van der Waals surface area contributed by atoms with Crippen molar-refractivity contribution in [2.45, 2.75) is 109 Å². The maximum absolute atomic E-state index is 14.5. The van der Waals surface area contributed by atoms with Crippen LogP contribution >= 0.6 is 0 Å². The van der Waals surface area contributed by atoms with E-state index in [1.54, 1.807) is 6.08 Å². The number of ether oxygens (including phenoxy) is 5. The van der Waals surface area contributed by atoms with Crippen LogP contribution < -0.4 is 9.47 Å². The minimum absolute atomic E-state index is 0.00383. The number of aliphatic hydroxyl groups is 1. The van der Waals surface area contributed by atoms with Crippen molar-refractivity contribution in [1.29, 1.82) is 0 Å². The Kier molecular flexibility index (Phi) is 17.1. The van der Waals surface area contributed by atoms with Gasteiger partial charge < -0.3 is 28.8 Å².